The van der Waals surface area contributed by atoms with Crippen molar-refractivity contribution in [2.24, 2.45) is 13.0 Å². The lowest BCUT2D eigenvalue weighted by molar-refractivity contribution is -0.121. The number of aryl methyl sites for hydroxylation is 1. The van der Waals surface area contributed by atoms with Gasteiger partial charge in [0.2, 0.25) is 5.91 Å². The molecule has 0 saturated heterocycles. The zero-order valence-electron chi connectivity index (χ0n) is 19.1. The lowest BCUT2D eigenvalue weighted by Gasteiger charge is -2.22. The van der Waals surface area contributed by atoms with E-state index in [-0.39, 0.29) is 22.8 Å². The summed E-state index contributed by atoms with van der Waals surface area (Å²) in [5.74, 6) is 0.391. The molecule has 5 nitrogen and oxygen atoms in total. The molecule has 0 radical (unpaired) electrons. The Morgan fingerprint density at radius 1 is 1.20 bits per heavy atom. The van der Waals surface area contributed by atoms with Crippen molar-refractivity contribution < 1.29 is 4.79 Å². The quantitative estimate of drug-likeness (QED) is 0.446. The van der Waals surface area contributed by atoms with Crippen LogP contribution in [-0.2, 0) is 18.3 Å². The van der Waals surface area contributed by atoms with Crippen LogP contribution < -0.4 is 10.9 Å². The van der Waals surface area contributed by atoms with Crippen molar-refractivity contribution in [1.82, 2.24) is 14.9 Å². The Morgan fingerprint density at radius 2 is 1.87 bits per heavy atom. The highest BCUT2D eigenvalue weighted by Crippen LogP contribution is 2.26. The topological polar surface area (TPSA) is 64.0 Å². The third-order valence-electron chi connectivity index (χ3n) is 5.50. The number of benzene rings is 1. The Hall–Kier alpha value is -2.08. The van der Waals surface area contributed by atoms with E-state index in [1.807, 2.05) is 44.2 Å². The number of hydrogen-bond donors (Lipinski definition) is 1. The lowest BCUT2D eigenvalue weighted by atomic mass is 10.1. The fourth-order valence-corrected chi connectivity index (χ4v) is 4.23. The normalized spacial score (nSPS) is 13.3. The van der Waals surface area contributed by atoms with Crippen LogP contribution in [0.5, 0.6) is 0 Å². The van der Waals surface area contributed by atoms with Gasteiger partial charge in [-0.05, 0) is 31.7 Å². The molecule has 0 fully saturated rings. The summed E-state index contributed by atoms with van der Waals surface area (Å²) in [5, 5.41) is 3.47. The van der Waals surface area contributed by atoms with E-state index < -0.39 is 0 Å². The molecule has 1 amide bonds. The van der Waals surface area contributed by atoms with Gasteiger partial charge in [0.1, 0.15) is 0 Å². The van der Waals surface area contributed by atoms with Gasteiger partial charge in [-0.2, -0.15) is 0 Å². The van der Waals surface area contributed by atoms with Crippen molar-refractivity contribution in [3.8, 4) is 0 Å². The molecule has 2 unspecified atom stereocenters. The number of carbonyl (C=O) groups is 1. The van der Waals surface area contributed by atoms with Crippen LogP contribution in [0.15, 0.2) is 40.3 Å². The molecular formula is C24H35N3O2S. The number of amides is 1. The number of hydrogen-bond acceptors (Lipinski definition) is 4. The summed E-state index contributed by atoms with van der Waals surface area (Å²) in [4.78, 5) is 30.7. The molecule has 1 aromatic heterocycles. The predicted octanol–water partition coefficient (Wildman–Crippen LogP) is 4.49. The van der Waals surface area contributed by atoms with Gasteiger partial charge in [0.15, 0.2) is 5.16 Å². The first kappa shape index (κ1) is 24.2. The number of thioether (sulfide) groups is 1. The van der Waals surface area contributed by atoms with Crippen LogP contribution in [0.4, 0.5) is 0 Å². The number of rotatable bonds is 10. The maximum absolute atomic E-state index is 13.1. The Morgan fingerprint density at radius 3 is 2.47 bits per heavy atom. The van der Waals surface area contributed by atoms with Gasteiger partial charge in [0.25, 0.3) is 5.56 Å². The maximum Gasteiger partial charge on any atom is 0.257 e. The zero-order chi connectivity index (χ0) is 22.3. The summed E-state index contributed by atoms with van der Waals surface area (Å²) in [6.45, 7) is 10.2. The molecule has 2 rings (SSSR count). The Bertz CT molecular complexity index is 893. The second-order valence-corrected chi connectivity index (χ2v) is 9.44. The number of carbonyl (C=O) groups excluding carboxylic acids is 1. The molecule has 6 heteroatoms. The third-order valence-corrected chi connectivity index (χ3v) is 6.81. The van der Waals surface area contributed by atoms with E-state index in [1.165, 1.54) is 11.8 Å². The Balaban J connectivity index is 2.27. The fourth-order valence-electron chi connectivity index (χ4n) is 3.08. The van der Waals surface area contributed by atoms with Gasteiger partial charge < -0.3 is 5.32 Å². The molecule has 0 aliphatic carbocycles. The minimum absolute atomic E-state index is 0.0231. The molecule has 1 N–H and O–H groups in total. The average Bonchev–Trinajstić information content (AvgIpc) is 2.72. The van der Waals surface area contributed by atoms with E-state index in [0.29, 0.717) is 23.1 Å². The van der Waals surface area contributed by atoms with Crippen molar-refractivity contribution in [2.75, 3.05) is 0 Å². The minimum atomic E-state index is -0.261. The molecule has 1 aromatic carbocycles. The minimum Gasteiger partial charge on any atom is -0.352 e. The summed E-state index contributed by atoms with van der Waals surface area (Å²) >= 11 is 1.40. The van der Waals surface area contributed by atoms with Crippen molar-refractivity contribution in [2.45, 2.75) is 76.8 Å². The maximum atomic E-state index is 13.1. The van der Waals surface area contributed by atoms with Crippen LogP contribution >= 0.6 is 11.8 Å². The van der Waals surface area contributed by atoms with Gasteiger partial charge in [0, 0.05) is 30.8 Å². The number of unbranched alkanes of at least 4 members (excludes halogenated alkanes) is 1. The molecule has 2 aromatic rings. The molecular weight excluding hydrogens is 394 g/mol. The molecule has 30 heavy (non-hydrogen) atoms. The van der Waals surface area contributed by atoms with Crippen LogP contribution in [0, 0.1) is 12.8 Å². The highest BCUT2D eigenvalue weighted by Gasteiger charge is 2.24. The first-order valence-electron chi connectivity index (χ1n) is 10.8. The van der Waals surface area contributed by atoms with Crippen molar-refractivity contribution in [3.63, 3.8) is 0 Å². The third kappa shape index (κ3) is 6.46. The molecule has 0 spiro atoms. The van der Waals surface area contributed by atoms with Gasteiger partial charge in [0.05, 0.1) is 5.25 Å². The van der Waals surface area contributed by atoms with E-state index >= 15 is 0 Å². The average molecular weight is 430 g/mol. The van der Waals surface area contributed by atoms with Gasteiger partial charge in [-0.15, -0.1) is 0 Å². The Kier molecular flexibility index (Phi) is 9.15. The summed E-state index contributed by atoms with van der Waals surface area (Å²) in [5.41, 5.74) is 2.48. The van der Waals surface area contributed by atoms with Crippen molar-refractivity contribution in [3.05, 3.63) is 57.5 Å². The second-order valence-electron chi connectivity index (χ2n) is 8.27. The van der Waals surface area contributed by atoms with Crippen molar-refractivity contribution in [1.29, 1.82) is 0 Å². The van der Waals surface area contributed by atoms with Gasteiger partial charge in [-0.3, -0.25) is 14.2 Å². The molecule has 1 heterocycles. The van der Waals surface area contributed by atoms with Gasteiger partial charge in [-0.1, -0.05) is 75.7 Å². The molecule has 0 bridgehead atoms. The molecule has 0 aliphatic heterocycles. The number of nitrogens with one attached hydrogen (secondary N) is 1. The Labute approximate surface area is 184 Å². The molecule has 0 aliphatic rings. The lowest BCUT2D eigenvalue weighted by Crippen LogP contribution is -2.41. The largest absolute Gasteiger partial charge is 0.352 e. The van der Waals surface area contributed by atoms with Crippen LogP contribution in [-0.4, -0.2) is 26.8 Å². The number of nitrogens with zero attached hydrogens (tertiary/aromatic N) is 2. The summed E-state index contributed by atoms with van der Waals surface area (Å²) in [7, 11) is 1.75. The van der Waals surface area contributed by atoms with Gasteiger partial charge in [-0.25, -0.2) is 4.98 Å². The first-order valence-corrected chi connectivity index (χ1v) is 11.7. The van der Waals surface area contributed by atoms with Crippen LogP contribution in [0.3, 0.4) is 0 Å². The smallest absolute Gasteiger partial charge is 0.257 e. The predicted molar refractivity (Wildman–Crippen MR) is 125 cm³/mol. The van der Waals surface area contributed by atoms with E-state index in [9.17, 15) is 9.59 Å². The summed E-state index contributed by atoms with van der Waals surface area (Å²) in [6.07, 6.45) is 3.30. The number of aromatic nitrogens is 2. The standard InChI is InChI=1S/C24H35N3O2S/c1-7-8-14-21(22(28)25-17(4)16(2)3)30-24-26-18(5)20(23(29)27(24)6)15-19-12-10-9-11-13-19/h9-13,16-17,21H,7-8,14-15H2,1-6H3,(H,25,28). The van der Waals surface area contributed by atoms with E-state index in [1.54, 1.807) is 11.6 Å². The van der Waals surface area contributed by atoms with Gasteiger partial charge >= 0.3 is 0 Å². The first-order chi connectivity index (χ1) is 14.2. The van der Waals surface area contributed by atoms with E-state index in [4.69, 9.17) is 4.98 Å². The summed E-state index contributed by atoms with van der Waals surface area (Å²) in [6, 6.07) is 10.1. The van der Waals surface area contributed by atoms with Crippen LogP contribution in [0.2, 0.25) is 0 Å². The highest BCUT2D eigenvalue weighted by molar-refractivity contribution is 8.00. The molecule has 164 valence electrons. The summed E-state index contributed by atoms with van der Waals surface area (Å²) < 4.78 is 1.59. The second kappa shape index (κ2) is 11.3. The van der Waals surface area contributed by atoms with Crippen LogP contribution in [0.1, 0.15) is 63.8 Å². The van der Waals surface area contributed by atoms with E-state index in [0.717, 1.165) is 30.5 Å². The fraction of sp³-hybridized carbons (Fsp3) is 0.542. The molecule has 0 saturated carbocycles. The van der Waals surface area contributed by atoms with Crippen molar-refractivity contribution >= 4 is 17.7 Å². The van der Waals surface area contributed by atoms with Crippen LogP contribution in [0.25, 0.3) is 0 Å². The highest BCUT2D eigenvalue weighted by atomic mass is 32.2. The zero-order valence-corrected chi connectivity index (χ0v) is 19.9. The SMILES string of the molecule is CCCCC(Sc1nc(C)c(Cc2ccccc2)c(=O)n1C)C(=O)NC(C)C(C)C. The monoisotopic (exact) mass is 429 g/mol. The van der Waals surface area contributed by atoms with E-state index in [2.05, 4.69) is 26.1 Å². The molecule has 2 atom stereocenters.